The van der Waals surface area contributed by atoms with E-state index in [4.69, 9.17) is 11.7 Å². The quantitative estimate of drug-likeness (QED) is 0.420. The molecule has 0 amide bonds. The van der Waals surface area contributed by atoms with Crippen LogP contribution >= 0.6 is 0 Å². The lowest BCUT2D eigenvalue weighted by Crippen LogP contribution is -2.10. The molecule has 2 aromatic rings. The Labute approximate surface area is 86.6 Å². The summed E-state index contributed by atoms with van der Waals surface area (Å²) in [4.78, 5) is 8.44. The van der Waals surface area contributed by atoms with Gasteiger partial charge in [0.05, 0.1) is 0 Å². The van der Waals surface area contributed by atoms with E-state index in [2.05, 4.69) is 20.8 Å². The number of nitrogens with two attached hydrogens (primary N) is 2. The van der Waals surface area contributed by atoms with Crippen LogP contribution in [0.2, 0.25) is 0 Å². The molecule has 0 fully saturated rings. The lowest BCUT2D eigenvalue weighted by molar-refractivity contribution is 1.19. The number of pyridine rings is 2. The summed E-state index contributed by atoms with van der Waals surface area (Å²) in [6.07, 6.45) is 0. The van der Waals surface area contributed by atoms with Crippen molar-refractivity contribution in [3.05, 3.63) is 23.8 Å². The zero-order valence-corrected chi connectivity index (χ0v) is 8.28. The summed E-state index contributed by atoms with van der Waals surface area (Å²) < 4.78 is 0. The predicted molar refractivity (Wildman–Crippen MR) is 59.9 cm³/mol. The Morgan fingerprint density at radius 1 is 1.07 bits per heavy atom. The van der Waals surface area contributed by atoms with Crippen LogP contribution in [-0.2, 0) is 0 Å². The number of anilines is 2. The Kier molecular flexibility index (Phi) is 2.36. The van der Waals surface area contributed by atoms with Crippen molar-refractivity contribution in [2.75, 3.05) is 10.9 Å². The van der Waals surface area contributed by atoms with Crippen molar-refractivity contribution >= 4 is 22.7 Å². The second kappa shape index (κ2) is 3.68. The van der Waals surface area contributed by atoms with Gasteiger partial charge < -0.3 is 10.9 Å². The van der Waals surface area contributed by atoms with Gasteiger partial charge in [0.2, 0.25) is 0 Å². The number of fused-ring (bicyclic) bond motifs is 1. The summed E-state index contributed by atoms with van der Waals surface area (Å²) in [6.45, 7) is 1.97. The van der Waals surface area contributed by atoms with E-state index in [1.165, 1.54) is 0 Å². The first-order chi connectivity index (χ1) is 7.24. The molecule has 78 valence electrons. The van der Waals surface area contributed by atoms with Crippen LogP contribution in [0.15, 0.2) is 18.2 Å². The maximum atomic E-state index is 5.30. The highest BCUT2D eigenvalue weighted by Gasteiger charge is 2.03. The first-order valence-electron chi connectivity index (χ1n) is 4.46. The normalized spacial score (nSPS) is 10.3. The number of hydrogen-bond donors (Lipinski definition) is 4. The highest BCUT2D eigenvalue weighted by molar-refractivity contribution is 5.81. The fourth-order valence-corrected chi connectivity index (χ4v) is 1.42. The molecule has 0 saturated heterocycles. The molecule has 6 N–H and O–H groups in total. The predicted octanol–water partition coefficient (Wildman–Crippen LogP) is 0.509. The summed E-state index contributed by atoms with van der Waals surface area (Å²) in [7, 11) is 0. The fourth-order valence-electron chi connectivity index (χ4n) is 1.42. The van der Waals surface area contributed by atoms with Gasteiger partial charge in [-0.3, -0.25) is 0 Å². The van der Waals surface area contributed by atoms with Gasteiger partial charge in [-0.2, -0.15) is 0 Å². The maximum Gasteiger partial charge on any atom is 0.164 e. The van der Waals surface area contributed by atoms with Gasteiger partial charge in [-0.1, -0.05) is 0 Å². The zero-order chi connectivity index (χ0) is 10.8. The van der Waals surface area contributed by atoms with Crippen LogP contribution in [0, 0.1) is 6.92 Å². The van der Waals surface area contributed by atoms with Crippen LogP contribution in [0.1, 0.15) is 5.56 Å². The summed E-state index contributed by atoms with van der Waals surface area (Å²) >= 11 is 0. The fraction of sp³-hybridized carbons (Fsp3) is 0.111. The third-order valence-corrected chi connectivity index (χ3v) is 2.18. The van der Waals surface area contributed by atoms with Crippen LogP contribution in [0.5, 0.6) is 0 Å². The molecule has 0 aliphatic rings. The van der Waals surface area contributed by atoms with Crippen molar-refractivity contribution in [1.82, 2.24) is 9.97 Å². The summed E-state index contributed by atoms with van der Waals surface area (Å²) in [5, 5.41) is 0.980. The maximum absolute atomic E-state index is 5.30. The van der Waals surface area contributed by atoms with Gasteiger partial charge in [0.1, 0.15) is 11.6 Å². The Morgan fingerprint density at radius 3 is 2.40 bits per heavy atom. The minimum Gasteiger partial charge on any atom is -0.308 e. The van der Waals surface area contributed by atoms with Gasteiger partial charge in [0.15, 0.2) is 5.65 Å². The van der Waals surface area contributed by atoms with E-state index in [-0.39, 0.29) is 0 Å². The Balaban J connectivity index is 2.69. The lowest BCUT2D eigenvalue weighted by Gasteiger charge is -2.06. The minimum atomic E-state index is 0.573. The Hall–Kier alpha value is -1.92. The van der Waals surface area contributed by atoms with Gasteiger partial charge in [-0.25, -0.2) is 21.7 Å². The van der Waals surface area contributed by atoms with E-state index in [9.17, 15) is 0 Å². The van der Waals surface area contributed by atoms with Crippen LogP contribution in [0.3, 0.4) is 0 Å². The zero-order valence-electron chi connectivity index (χ0n) is 8.28. The topological polar surface area (TPSA) is 102 Å². The molecule has 6 heteroatoms. The largest absolute Gasteiger partial charge is 0.308 e. The van der Waals surface area contributed by atoms with Crippen molar-refractivity contribution in [1.29, 1.82) is 0 Å². The summed E-state index contributed by atoms with van der Waals surface area (Å²) in [5.74, 6) is 11.7. The average Bonchev–Trinajstić information content (AvgIpc) is 2.28. The van der Waals surface area contributed by atoms with Crippen LogP contribution in [0.25, 0.3) is 11.0 Å². The molecule has 0 bridgehead atoms. The van der Waals surface area contributed by atoms with Gasteiger partial charge in [0.25, 0.3) is 0 Å². The number of hydrogen-bond acceptors (Lipinski definition) is 6. The first-order valence-corrected chi connectivity index (χ1v) is 4.46. The van der Waals surface area contributed by atoms with E-state index in [1.54, 1.807) is 6.07 Å². The molecule has 0 radical (unpaired) electrons. The Bertz CT molecular complexity index is 490. The standard InChI is InChI=1S/C9H12N6/c1-5-4-8(15-11)13-9-6(5)2-3-7(12-9)14-10/h2-4H,10-11H2,1H3,(H2,12,13,14,15). The van der Waals surface area contributed by atoms with E-state index >= 15 is 0 Å². The van der Waals surface area contributed by atoms with Crippen LogP contribution in [-0.4, -0.2) is 9.97 Å². The summed E-state index contributed by atoms with van der Waals surface area (Å²) in [6, 6.07) is 5.58. The molecule has 2 heterocycles. The molecule has 0 saturated carbocycles. The number of hydrazine groups is 2. The molecule has 0 aromatic carbocycles. The molecular formula is C9H12N6. The van der Waals surface area contributed by atoms with Gasteiger partial charge in [-0.15, -0.1) is 0 Å². The third kappa shape index (κ3) is 1.67. The highest BCUT2D eigenvalue weighted by atomic mass is 15.3. The lowest BCUT2D eigenvalue weighted by atomic mass is 10.2. The minimum absolute atomic E-state index is 0.573. The number of nitrogen functional groups attached to an aromatic ring is 2. The van der Waals surface area contributed by atoms with Crippen molar-refractivity contribution in [3.63, 3.8) is 0 Å². The van der Waals surface area contributed by atoms with E-state index in [0.29, 0.717) is 17.3 Å². The molecular weight excluding hydrogens is 192 g/mol. The average molecular weight is 204 g/mol. The number of rotatable bonds is 2. The Morgan fingerprint density at radius 2 is 1.73 bits per heavy atom. The smallest absolute Gasteiger partial charge is 0.164 e. The summed E-state index contributed by atoms with van der Waals surface area (Å²) in [5.41, 5.74) is 6.64. The second-order valence-corrected chi connectivity index (χ2v) is 3.18. The van der Waals surface area contributed by atoms with Crippen molar-refractivity contribution in [2.45, 2.75) is 6.92 Å². The number of aryl methyl sites for hydroxylation is 1. The van der Waals surface area contributed by atoms with E-state index < -0.39 is 0 Å². The first kappa shape index (κ1) is 9.63. The monoisotopic (exact) mass is 204 g/mol. The molecule has 0 spiro atoms. The molecule has 0 unspecified atom stereocenters. The molecule has 0 aliphatic heterocycles. The van der Waals surface area contributed by atoms with Crippen LogP contribution < -0.4 is 22.5 Å². The molecule has 2 aromatic heterocycles. The van der Waals surface area contributed by atoms with Gasteiger partial charge in [0, 0.05) is 5.39 Å². The second-order valence-electron chi connectivity index (χ2n) is 3.18. The molecule has 0 atom stereocenters. The van der Waals surface area contributed by atoms with Crippen molar-refractivity contribution < 1.29 is 0 Å². The third-order valence-electron chi connectivity index (χ3n) is 2.18. The number of aromatic nitrogens is 2. The van der Waals surface area contributed by atoms with Crippen LogP contribution in [0.4, 0.5) is 11.6 Å². The van der Waals surface area contributed by atoms with E-state index in [1.807, 2.05) is 19.1 Å². The van der Waals surface area contributed by atoms with Crippen molar-refractivity contribution in [2.24, 2.45) is 11.7 Å². The van der Waals surface area contributed by atoms with Gasteiger partial charge in [-0.05, 0) is 30.7 Å². The number of nitrogens with one attached hydrogen (secondary N) is 2. The molecule has 15 heavy (non-hydrogen) atoms. The molecule has 6 nitrogen and oxygen atoms in total. The van der Waals surface area contributed by atoms with E-state index in [0.717, 1.165) is 10.9 Å². The number of nitrogens with zero attached hydrogens (tertiary/aromatic N) is 2. The van der Waals surface area contributed by atoms with Crippen molar-refractivity contribution in [3.8, 4) is 0 Å². The highest BCUT2D eigenvalue weighted by Crippen LogP contribution is 2.19. The SMILES string of the molecule is Cc1cc(NN)nc2nc(NN)ccc12. The van der Waals surface area contributed by atoms with Gasteiger partial charge >= 0.3 is 0 Å². The molecule has 2 rings (SSSR count). The molecule has 0 aliphatic carbocycles.